The summed E-state index contributed by atoms with van der Waals surface area (Å²) in [6, 6.07) is 15.2. The Morgan fingerprint density at radius 2 is 1.81 bits per heavy atom. The Bertz CT molecular complexity index is 934. The third-order valence-corrected chi connectivity index (χ3v) is 4.41. The Morgan fingerprint density at radius 1 is 1.00 bits per heavy atom. The van der Waals surface area contributed by atoms with Gasteiger partial charge in [-0.3, -0.25) is 4.79 Å². The minimum atomic E-state index is -0.564. The monoisotopic (exact) mass is 367 g/mol. The molecule has 3 rings (SSSR count). The number of ether oxygens (including phenoxy) is 2. The van der Waals surface area contributed by atoms with E-state index in [1.54, 1.807) is 12.1 Å². The predicted octanol–water partition coefficient (Wildman–Crippen LogP) is 4.77. The normalized spacial score (nSPS) is 10.9. The summed E-state index contributed by atoms with van der Waals surface area (Å²) >= 11 is 0. The van der Waals surface area contributed by atoms with Crippen molar-refractivity contribution in [3.8, 4) is 17.2 Å². The minimum Gasteiger partial charge on any atom is -0.500 e. The van der Waals surface area contributed by atoms with Gasteiger partial charge in [0, 0.05) is 11.5 Å². The van der Waals surface area contributed by atoms with Crippen LogP contribution < -0.4 is 15.0 Å². The summed E-state index contributed by atoms with van der Waals surface area (Å²) in [5, 5.41) is 10.8. The molecule has 5 nitrogen and oxygen atoms in total. The SMILES string of the molecule is CCCCCCOc1c(O)c(=O)[nH]c2cc(OCc3ccccc3)ccc12. The number of aromatic nitrogens is 1. The van der Waals surface area contributed by atoms with Crippen LogP contribution in [0.5, 0.6) is 17.2 Å². The summed E-state index contributed by atoms with van der Waals surface area (Å²) in [6.45, 7) is 3.06. The number of hydrogen-bond donors (Lipinski definition) is 2. The fourth-order valence-electron chi connectivity index (χ4n) is 2.92. The molecule has 1 aromatic heterocycles. The van der Waals surface area contributed by atoms with Crippen molar-refractivity contribution in [3.05, 3.63) is 64.4 Å². The van der Waals surface area contributed by atoms with Gasteiger partial charge in [0.1, 0.15) is 12.4 Å². The van der Waals surface area contributed by atoms with E-state index >= 15 is 0 Å². The van der Waals surface area contributed by atoms with Gasteiger partial charge in [0.05, 0.1) is 12.1 Å². The summed E-state index contributed by atoms with van der Waals surface area (Å²) in [4.78, 5) is 14.7. The van der Waals surface area contributed by atoms with Crippen molar-refractivity contribution < 1.29 is 14.6 Å². The Hall–Kier alpha value is -2.95. The number of fused-ring (bicyclic) bond motifs is 1. The van der Waals surface area contributed by atoms with Gasteiger partial charge < -0.3 is 19.6 Å². The highest BCUT2D eigenvalue weighted by molar-refractivity contribution is 5.88. The maximum Gasteiger partial charge on any atom is 0.294 e. The highest BCUT2D eigenvalue weighted by Crippen LogP contribution is 2.32. The van der Waals surface area contributed by atoms with Gasteiger partial charge in [0.2, 0.25) is 5.75 Å². The van der Waals surface area contributed by atoms with E-state index in [9.17, 15) is 9.90 Å². The van der Waals surface area contributed by atoms with Gasteiger partial charge in [-0.25, -0.2) is 0 Å². The first-order chi connectivity index (χ1) is 13.2. The van der Waals surface area contributed by atoms with Gasteiger partial charge >= 0.3 is 0 Å². The van der Waals surface area contributed by atoms with Gasteiger partial charge in [0.25, 0.3) is 5.56 Å². The molecule has 0 aliphatic rings. The van der Waals surface area contributed by atoms with E-state index in [2.05, 4.69) is 11.9 Å². The van der Waals surface area contributed by atoms with Crippen molar-refractivity contribution in [2.75, 3.05) is 6.61 Å². The third-order valence-electron chi connectivity index (χ3n) is 4.41. The molecule has 2 N–H and O–H groups in total. The zero-order valence-corrected chi connectivity index (χ0v) is 15.5. The van der Waals surface area contributed by atoms with Crippen molar-refractivity contribution in [2.24, 2.45) is 0 Å². The Morgan fingerprint density at radius 3 is 2.59 bits per heavy atom. The van der Waals surface area contributed by atoms with Gasteiger partial charge in [-0.15, -0.1) is 0 Å². The van der Waals surface area contributed by atoms with Crippen LogP contribution in [0.4, 0.5) is 0 Å². The molecule has 5 heteroatoms. The van der Waals surface area contributed by atoms with E-state index in [-0.39, 0.29) is 11.5 Å². The molecule has 1 heterocycles. The van der Waals surface area contributed by atoms with Gasteiger partial charge in [-0.1, -0.05) is 56.5 Å². The molecule has 0 atom stereocenters. The Balaban J connectivity index is 1.77. The maximum atomic E-state index is 12.1. The number of unbranched alkanes of at least 4 members (excludes halogenated alkanes) is 3. The maximum absolute atomic E-state index is 12.1. The van der Waals surface area contributed by atoms with Crippen LogP contribution in [0.1, 0.15) is 38.2 Å². The minimum absolute atomic E-state index is 0.236. The van der Waals surface area contributed by atoms with Crippen LogP contribution in [0.25, 0.3) is 10.9 Å². The first kappa shape index (κ1) is 18.8. The molecule has 0 amide bonds. The van der Waals surface area contributed by atoms with Gasteiger partial charge in [-0.2, -0.15) is 0 Å². The molecule has 0 fully saturated rings. The number of hydrogen-bond acceptors (Lipinski definition) is 4. The highest BCUT2D eigenvalue weighted by atomic mass is 16.5. The molecule has 0 saturated carbocycles. The number of rotatable bonds is 9. The molecule has 0 aliphatic heterocycles. The lowest BCUT2D eigenvalue weighted by Gasteiger charge is -2.12. The zero-order chi connectivity index (χ0) is 19.1. The van der Waals surface area contributed by atoms with Crippen molar-refractivity contribution in [3.63, 3.8) is 0 Å². The topological polar surface area (TPSA) is 71.5 Å². The molecule has 0 unspecified atom stereocenters. The van der Waals surface area contributed by atoms with E-state index in [0.717, 1.165) is 31.2 Å². The Kier molecular flexibility index (Phi) is 6.36. The van der Waals surface area contributed by atoms with Crippen molar-refractivity contribution in [1.82, 2.24) is 4.98 Å². The van der Waals surface area contributed by atoms with E-state index in [1.807, 2.05) is 36.4 Å². The van der Waals surface area contributed by atoms with Gasteiger partial charge in [-0.05, 0) is 24.1 Å². The molecule has 3 aromatic rings. The van der Waals surface area contributed by atoms with Crippen molar-refractivity contribution >= 4 is 10.9 Å². The lowest BCUT2D eigenvalue weighted by atomic mass is 10.1. The predicted molar refractivity (Wildman–Crippen MR) is 107 cm³/mol. The average Bonchev–Trinajstić information content (AvgIpc) is 2.69. The standard InChI is InChI=1S/C22H25NO4/c1-2-3-4-8-13-26-21-18-12-11-17(14-19(18)23-22(25)20(21)24)27-15-16-9-6-5-7-10-16/h5-7,9-12,14,24H,2-4,8,13,15H2,1H3,(H,23,25). The zero-order valence-electron chi connectivity index (χ0n) is 15.5. The van der Waals surface area contributed by atoms with Crippen LogP contribution in [0.2, 0.25) is 0 Å². The van der Waals surface area contributed by atoms with Crippen LogP contribution >= 0.6 is 0 Å². The summed E-state index contributed by atoms with van der Waals surface area (Å²) in [5.74, 6) is 0.498. The number of pyridine rings is 1. The third kappa shape index (κ3) is 4.82. The van der Waals surface area contributed by atoms with E-state index < -0.39 is 5.56 Å². The lowest BCUT2D eigenvalue weighted by molar-refractivity contribution is 0.291. The van der Waals surface area contributed by atoms with Crippen molar-refractivity contribution in [2.45, 2.75) is 39.2 Å². The van der Waals surface area contributed by atoms with Crippen LogP contribution in [0, 0.1) is 0 Å². The number of H-pyrrole nitrogens is 1. The van der Waals surface area contributed by atoms with Crippen molar-refractivity contribution in [1.29, 1.82) is 0 Å². The lowest BCUT2D eigenvalue weighted by Crippen LogP contribution is -2.09. The molecular formula is C22H25NO4. The molecule has 142 valence electrons. The second-order valence-corrected chi connectivity index (χ2v) is 6.52. The molecule has 27 heavy (non-hydrogen) atoms. The first-order valence-corrected chi connectivity index (χ1v) is 9.37. The summed E-state index contributed by atoms with van der Waals surface area (Å²) in [6.07, 6.45) is 4.24. The van der Waals surface area contributed by atoms with Gasteiger partial charge in [0.15, 0.2) is 5.75 Å². The number of aromatic hydroxyl groups is 1. The summed E-state index contributed by atoms with van der Waals surface area (Å²) < 4.78 is 11.5. The van der Waals surface area contributed by atoms with Crippen LogP contribution in [-0.4, -0.2) is 16.7 Å². The largest absolute Gasteiger partial charge is 0.500 e. The second-order valence-electron chi connectivity index (χ2n) is 6.52. The van der Waals surface area contributed by atoms with Crippen LogP contribution in [0.3, 0.4) is 0 Å². The van der Waals surface area contributed by atoms with E-state index in [4.69, 9.17) is 9.47 Å². The summed E-state index contributed by atoms with van der Waals surface area (Å²) in [7, 11) is 0. The molecule has 0 saturated heterocycles. The second kappa shape index (κ2) is 9.12. The molecule has 0 bridgehead atoms. The fourth-order valence-corrected chi connectivity index (χ4v) is 2.92. The molecule has 0 spiro atoms. The highest BCUT2D eigenvalue weighted by Gasteiger charge is 2.14. The number of benzene rings is 2. The van der Waals surface area contributed by atoms with Crippen LogP contribution in [0.15, 0.2) is 53.3 Å². The molecule has 0 aliphatic carbocycles. The number of aromatic amines is 1. The first-order valence-electron chi connectivity index (χ1n) is 9.37. The van der Waals surface area contributed by atoms with Crippen LogP contribution in [-0.2, 0) is 6.61 Å². The van der Waals surface area contributed by atoms with E-state index in [1.165, 1.54) is 0 Å². The fraction of sp³-hybridized carbons (Fsp3) is 0.318. The summed E-state index contributed by atoms with van der Waals surface area (Å²) in [5.41, 5.74) is 1.08. The average molecular weight is 367 g/mol. The smallest absolute Gasteiger partial charge is 0.294 e. The quantitative estimate of drug-likeness (QED) is 0.534. The Labute approximate surface area is 158 Å². The van der Waals surface area contributed by atoms with E-state index in [0.29, 0.717) is 29.9 Å². The molecule has 0 radical (unpaired) electrons. The number of nitrogens with one attached hydrogen (secondary N) is 1. The molecule has 2 aromatic carbocycles. The molecular weight excluding hydrogens is 342 g/mol.